The minimum Gasteiger partial charge on any atom is -0.333 e. The zero-order valence-corrected chi connectivity index (χ0v) is 20.1. The molecule has 6 heteroatoms. The molecular weight excluding hydrogens is 424 g/mol. The van der Waals surface area contributed by atoms with Crippen LogP contribution in [-0.4, -0.2) is 38.0 Å². The van der Waals surface area contributed by atoms with E-state index in [0.29, 0.717) is 15.8 Å². The Kier molecular flexibility index (Phi) is 7.34. The zero-order valence-electron chi connectivity index (χ0n) is 18.4. The highest BCUT2D eigenvalue weighted by atomic mass is 32.2. The molecular formula is C25H28N2O2S2. The van der Waals surface area contributed by atoms with Crippen molar-refractivity contribution in [2.75, 3.05) is 6.54 Å². The molecule has 1 fully saturated rings. The predicted molar refractivity (Wildman–Crippen MR) is 132 cm³/mol. The summed E-state index contributed by atoms with van der Waals surface area (Å²) in [5.41, 5.74) is 2.89. The largest absolute Gasteiger partial charge is 0.333 e. The highest BCUT2D eigenvalue weighted by Crippen LogP contribution is 2.33. The van der Waals surface area contributed by atoms with E-state index in [0.717, 1.165) is 11.1 Å². The molecule has 0 unspecified atom stereocenters. The first-order valence-electron chi connectivity index (χ1n) is 10.3. The van der Waals surface area contributed by atoms with E-state index in [-0.39, 0.29) is 30.3 Å². The minimum atomic E-state index is -0.326. The molecule has 0 N–H and O–H groups in total. The molecule has 0 radical (unpaired) electrons. The molecule has 162 valence electrons. The smallest absolute Gasteiger partial charge is 0.266 e. The molecule has 0 spiro atoms. The van der Waals surface area contributed by atoms with Crippen LogP contribution < -0.4 is 0 Å². The van der Waals surface area contributed by atoms with Crippen LogP contribution in [0.25, 0.3) is 6.08 Å². The Bertz CT molecular complexity index is 992. The van der Waals surface area contributed by atoms with Crippen molar-refractivity contribution in [1.82, 2.24) is 9.80 Å². The highest BCUT2D eigenvalue weighted by Gasteiger charge is 2.33. The Labute approximate surface area is 194 Å². The summed E-state index contributed by atoms with van der Waals surface area (Å²) in [5.74, 6) is -0.123. The topological polar surface area (TPSA) is 40.6 Å². The van der Waals surface area contributed by atoms with Gasteiger partial charge in [0.1, 0.15) is 4.32 Å². The Morgan fingerprint density at radius 3 is 2.35 bits per heavy atom. The van der Waals surface area contributed by atoms with Gasteiger partial charge in [0.15, 0.2) is 0 Å². The second-order valence-corrected chi connectivity index (χ2v) is 10.3. The van der Waals surface area contributed by atoms with Gasteiger partial charge in [0.05, 0.1) is 4.91 Å². The van der Waals surface area contributed by atoms with E-state index in [1.165, 1.54) is 17.3 Å². The second-order valence-electron chi connectivity index (χ2n) is 8.63. The van der Waals surface area contributed by atoms with E-state index in [4.69, 9.17) is 12.2 Å². The number of rotatable bonds is 6. The maximum Gasteiger partial charge on any atom is 0.266 e. The van der Waals surface area contributed by atoms with E-state index in [9.17, 15) is 9.59 Å². The number of amides is 2. The van der Waals surface area contributed by atoms with Crippen LogP contribution in [0.1, 0.15) is 43.9 Å². The summed E-state index contributed by atoms with van der Waals surface area (Å²) in [6.45, 7) is 8.93. The Hall–Kier alpha value is -2.44. The van der Waals surface area contributed by atoms with Crippen molar-refractivity contribution in [3.05, 3.63) is 76.2 Å². The zero-order chi connectivity index (χ0) is 22.6. The Morgan fingerprint density at radius 2 is 1.74 bits per heavy atom. The van der Waals surface area contributed by atoms with Crippen LogP contribution in [0.4, 0.5) is 0 Å². The first-order chi connectivity index (χ1) is 14.6. The van der Waals surface area contributed by atoms with Crippen molar-refractivity contribution < 1.29 is 9.59 Å². The van der Waals surface area contributed by atoms with Crippen LogP contribution in [0.3, 0.4) is 0 Å². The van der Waals surface area contributed by atoms with E-state index in [1.54, 1.807) is 4.90 Å². The van der Waals surface area contributed by atoms with Crippen LogP contribution in [-0.2, 0) is 16.1 Å². The second kappa shape index (κ2) is 9.79. The molecule has 0 atom stereocenters. The molecule has 0 aliphatic carbocycles. The molecule has 31 heavy (non-hydrogen) atoms. The third-order valence-electron chi connectivity index (χ3n) is 5.09. The SMILES string of the molecule is Cc1ccc(C=C2SC(=S)N(CCC(=O)N(Cc3ccccc3)C(C)(C)C)C2=O)cc1. The molecule has 1 saturated heterocycles. The maximum atomic E-state index is 13.1. The van der Waals surface area contributed by atoms with Crippen molar-refractivity contribution in [2.45, 2.75) is 46.2 Å². The molecule has 4 nitrogen and oxygen atoms in total. The molecule has 3 rings (SSSR count). The number of hydrogen-bond acceptors (Lipinski definition) is 4. The van der Waals surface area contributed by atoms with Crippen molar-refractivity contribution in [3.63, 3.8) is 0 Å². The lowest BCUT2D eigenvalue weighted by Crippen LogP contribution is -2.46. The third-order valence-corrected chi connectivity index (χ3v) is 6.47. The third kappa shape index (κ3) is 6.05. The lowest BCUT2D eigenvalue weighted by molar-refractivity contribution is -0.137. The molecule has 2 aromatic rings. The Balaban J connectivity index is 1.67. The fraction of sp³-hybridized carbons (Fsp3) is 0.320. The average Bonchev–Trinajstić information content (AvgIpc) is 2.98. The molecule has 2 aromatic carbocycles. The van der Waals surface area contributed by atoms with Gasteiger partial charge in [-0.3, -0.25) is 14.5 Å². The van der Waals surface area contributed by atoms with Gasteiger partial charge in [-0.2, -0.15) is 0 Å². The van der Waals surface area contributed by atoms with Crippen LogP contribution in [0, 0.1) is 6.92 Å². The molecule has 0 bridgehead atoms. The fourth-order valence-corrected chi connectivity index (χ4v) is 4.62. The number of benzene rings is 2. The van der Waals surface area contributed by atoms with Gasteiger partial charge in [0.2, 0.25) is 5.91 Å². The Morgan fingerprint density at radius 1 is 1.10 bits per heavy atom. The summed E-state index contributed by atoms with van der Waals surface area (Å²) in [7, 11) is 0. The van der Waals surface area contributed by atoms with Crippen molar-refractivity contribution >= 4 is 46.2 Å². The lowest BCUT2D eigenvalue weighted by Gasteiger charge is -2.36. The average molecular weight is 453 g/mol. The van der Waals surface area contributed by atoms with E-state index in [1.807, 2.05) is 93.3 Å². The number of hydrogen-bond donors (Lipinski definition) is 0. The maximum absolute atomic E-state index is 13.1. The number of carbonyl (C=O) groups excluding carboxylic acids is 2. The molecule has 0 saturated carbocycles. The summed E-state index contributed by atoms with van der Waals surface area (Å²) in [4.78, 5) is 30.0. The first-order valence-corrected chi connectivity index (χ1v) is 11.5. The fourth-order valence-electron chi connectivity index (χ4n) is 3.31. The van der Waals surface area contributed by atoms with Gasteiger partial charge < -0.3 is 4.90 Å². The summed E-state index contributed by atoms with van der Waals surface area (Å²) in [6, 6.07) is 17.9. The van der Waals surface area contributed by atoms with Crippen LogP contribution in [0.5, 0.6) is 0 Å². The summed E-state index contributed by atoms with van der Waals surface area (Å²) < 4.78 is 0.501. The van der Waals surface area contributed by atoms with Gasteiger partial charge in [0, 0.05) is 25.0 Å². The van der Waals surface area contributed by atoms with Gasteiger partial charge >= 0.3 is 0 Å². The predicted octanol–water partition coefficient (Wildman–Crippen LogP) is 5.41. The van der Waals surface area contributed by atoms with Gasteiger partial charge in [-0.15, -0.1) is 0 Å². The summed E-state index contributed by atoms with van der Waals surface area (Å²) in [5, 5.41) is 0. The molecule has 2 amide bonds. The highest BCUT2D eigenvalue weighted by molar-refractivity contribution is 8.26. The number of aryl methyl sites for hydroxylation is 1. The van der Waals surface area contributed by atoms with Crippen LogP contribution >= 0.6 is 24.0 Å². The lowest BCUT2D eigenvalue weighted by atomic mass is 10.0. The molecule has 1 heterocycles. The summed E-state index contributed by atoms with van der Waals surface area (Å²) >= 11 is 6.72. The number of carbonyl (C=O) groups is 2. The van der Waals surface area contributed by atoms with Gasteiger partial charge in [-0.05, 0) is 44.9 Å². The van der Waals surface area contributed by atoms with Crippen molar-refractivity contribution in [2.24, 2.45) is 0 Å². The standard InChI is InChI=1S/C25H28N2O2S2/c1-18-10-12-19(13-11-18)16-21-23(29)26(24(30)31-21)15-14-22(28)27(25(2,3)4)17-20-8-6-5-7-9-20/h5-13,16H,14-15,17H2,1-4H3. The minimum absolute atomic E-state index is 0.00733. The monoisotopic (exact) mass is 452 g/mol. The number of thiocarbonyl (C=S) groups is 1. The van der Waals surface area contributed by atoms with E-state index in [2.05, 4.69) is 0 Å². The normalized spacial score (nSPS) is 15.6. The quantitative estimate of drug-likeness (QED) is 0.434. The molecule has 1 aliphatic rings. The van der Waals surface area contributed by atoms with Gasteiger partial charge in [-0.25, -0.2) is 0 Å². The van der Waals surface area contributed by atoms with E-state index < -0.39 is 0 Å². The van der Waals surface area contributed by atoms with Gasteiger partial charge in [-0.1, -0.05) is 84.1 Å². The van der Waals surface area contributed by atoms with Crippen molar-refractivity contribution in [3.8, 4) is 0 Å². The van der Waals surface area contributed by atoms with Crippen molar-refractivity contribution in [1.29, 1.82) is 0 Å². The van der Waals surface area contributed by atoms with Gasteiger partial charge in [0.25, 0.3) is 5.91 Å². The van der Waals surface area contributed by atoms with Crippen LogP contribution in [0.2, 0.25) is 0 Å². The van der Waals surface area contributed by atoms with E-state index >= 15 is 0 Å². The first kappa shape index (κ1) is 23.2. The molecule has 1 aliphatic heterocycles. The molecule has 0 aromatic heterocycles. The summed E-state index contributed by atoms with van der Waals surface area (Å²) in [6.07, 6.45) is 2.09. The number of thioether (sulfide) groups is 1. The van der Waals surface area contributed by atoms with Crippen LogP contribution in [0.15, 0.2) is 59.5 Å². The number of nitrogens with zero attached hydrogens (tertiary/aromatic N) is 2.